The lowest BCUT2D eigenvalue weighted by atomic mass is 10.2. The van der Waals surface area contributed by atoms with Gasteiger partial charge in [0.2, 0.25) is 0 Å². The van der Waals surface area contributed by atoms with Crippen molar-refractivity contribution in [3.05, 3.63) is 42.5 Å². The summed E-state index contributed by atoms with van der Waals surface area (Å²) in [5.74, 6) is 0. The minimum atomic E-state index is -1.26. The maximum absolute atomic E-state index is 4.37. The third-order valence-electron chi connectivity index (χ3n) is 3.79. The lowest BCUT2D eigenvalue weighted by molar-refractivity contribution is 1.20. The van der Waals surface area contributed by atoms with Gasteiger partial charge in [-0.25, -0.2) is 0 Å². The topological polar surface area (TPSA) is 0 Å². The van der Waals surface area contributed by atoms with Crippen LogP contribution in [0.5, 0.6) is 0 Å². The Kier molecular flexibility index (Phi) is 4.34. The molecule has 1 aromatic carbocycles. The summed E-state index contributed by atoms with van der Waals surface area (Å²) in [6, 6.07) is 14.6. The van der Waals surface area contributed by atoms with Gasteiger partial charge in [0.15, 0.2) is 0 Å². The van der Waals surface area contributed by atoms with Crippen LogP contribution < -0.4 is 0 Å². The lowest BCUT2D eigenvalue weighted by Gasteiger charge is -2.30. The summed E-state index contributed by atoms with van der Waals surface area (Å²) in [4.78, 5) is 0. The van der Waals surface area contributed by atoms with Crippen molar-refractivity contribution in [2.24, 2.45) is 0 Å². The Balaban J connectivity index is 3.01. The molecule has 0 atom stereocenters. The second-order valence-corrected chi connectivity index (χ2v) is 9.47. The first-order valence-electron chi connectivity index (χ1n) is 5.95. The molecule has 0 aliphatic heterocycles. The van der Waals surface area contributed by atoms with Crippen LogP contribution in [0.3, 0.4) is 0 Å². The summed E-state index contributed by atoms with van der Waals surface area (Å²) in [5, 5.41) is 1.44. The van der Waals surface area contributed by atoms with E-state index in [9.17, 15) is 0 Å². The molecule has 0 aliphatic carbocycles. The van der Waals surface area contributed by atoms with Crippen molar-refractivity contribution in [1.82, 2.24) is 0 Å². The monoisotopic (exact) mass is 218 g/mol. The summed E-state index contributed by atoms with van der Waals surface area (Å²) in [5.41, 5.74) is 1.36. The molecular formula is C14H22Si. The molecule has 0 bridgehead atoms. The summed E-state index contributed by atoms with van der Waals surface area (Å²) in [7, 11) is -1.26. The average Bonchev–Trinajstić information content (AvgIpc) is 2.33. The Bertz CT molecular complexity index is 301. The lowest BCUT2D eigenvalue weighted by Crippen LogP contribution is -2.33. The SMILES string of the molecule is C=C(c1ccccc1)[Si](CC)(CC)CC. The molecule has 0 aliphatic rings. The molecule has 0 unspecified atom stereocenters. The standard InChI is InChI=1S/C14H22Si/c1-5-15(6-2,7-3)13(4)14-11-9-8-10-12-14/h8-12H,4-7H2,1-3H3. The molecule has 0 saturated carbocycles. The fraction of sp³-hybridized carbons (Fsp3) is 0.429. The Morgan fingerprint density at radius 2 is 1.47 bits per heavy atom. The van der Waals surface area contributed by atoms with Gasteiger partial charge in [-0.3, -0.25) is 0 Å². The largest absolute Gasteiger partial charge is 0.0992 e. The molecule has 0 amide bonds. The van der Waals surface area contributed by atoms with Crippen LogP contribution in [0.25, 0.3) is 5.20 Å². The van der Waals surface area contributed by atoms with E-state index >= 15 is 0 Å². The molecule has 0 spiro atoms. The van der Waals surface area contributed by atoms with Gasteiger partial charge in [0.05, 0.1) is 8.07 Å². The summed E-state index contributed by atoms with van der Waals surface area (Å²) < 4.78 is 0. The Morgan fingerprint density at radius 1 is 1.00 bits per heavy atom. The van der Waals surface area contributed by atoms with Crippen molar-refractivity contribution in [3.63, 3.8) is 0 Å². The Morgan fingerprint density at radius 3 is 1.87 bits per heavy atom. The third kappa shape index (κ3) is 2.40. The minimum Gasteiger partial charge on any atom is -0.0992 e. The van der Waals surface area contributed by atoms with Crippen LogP contribution >= 0.6 is 0 Å². The molecule has 0 fully saturated rings. The van der Waals surface area contributed by atoms with Gasteiger partial charge in [0.25, 0.3) is 0 Å². The van der Waals surface area contributed by atoms with Crippen LogP contribution in [0.1, 0.15) is 26.3 Å². The molecule has 0 nitrogen and oxygen atoms in total. The van der Waals surface area contributed by atoms with E-state index in [1.807, 2.05) is 0 Å². The fourth-order valence-electron chi connectivity index (χ4n) is 2.34. The predicted molar refractivity (Wildman–Crippen MR) is 72.7 cm³/mol. The van der Waals surface area contributed by atoms with Crippen LogP contribution in [0.2, 0.25) is 18.1 Å². The highest BCUT2D eigenvalue weighted by atomic mass is 28.3. The smallest absolute Gasteiger partial charge is 0.0859 e. The molecule has 1 heteroatoms. The van der Waals surface area contributed by atoms with Crippen molar-refractivity contribution in [2.75, 3.05) is 0 Å². The van der Waals surface area contributed by atoms with Crippen LogP contribution in [0.15, 0.2) is 36.9 Å². The second kappa shape index (κ2) is 5.31. The summed E-state index contributed by atoms with van der Waals surface area (Å²) in [6.45, 7) is 11.4. The molecule has 1 rings (SSSR count). The zero-order valence-corrected chi connectivity index (χ0v) is 11.2. The van der Waals surface area contributed by atoms with E-state index < -0.39 is 8.07 Å². The van der Waals surface area contributed by atoms with Crippen LogP contribution in [-0.4, -0.2) is 8.07 Å². The van der Waals surface area contributed by atoms with E-state index in [4.69, 9.17) is 0 Å². The molecule has 15 heavy (non-hydrogen) atoms. The summed E-state index contributed by atoms with van der Waals surface area (Å²) in [6.07, 6.45) is 0. The van der Waals surface area contributed by atoms with Crippen LogP contribution in [0.4, 0.5) is 0 Å². The van der Waals surface area contributed by atoms with Gasteiger partial charge in [-0.15, -0.1) is 0 Å². The summed E-state index contributed by atoms with van der Waals surface area (Å²) >= 11 is 0. The van der Waals surface area contributed by atoms with Crippen molar-refractivity contribution >= 4 is 13.3 Å². The minimum absolute atomic E-state index is 1.26. The first-order chi connectivity index (χ1) is 7.20. The molecule has 0 N–H and O–H groups in total. The van der Waals surface area contributed by atoms with Crippen molar-refractivity contribution in [1.29, 1.82) is 0 Å². The quantitative estimate of drug-likeness (QED) is 0.626. The number of hydrogen-bond donors (Lipinski definition) is 0. The number of hydrogen-bond acceptors (Lipinski definition) is 0. The van der Waals surface area contributed by atoms with Gasteiger partial charge in [0, 0.05) is 0 Å². The van der Waals surface area contributed by atoms with E-state index in [1.165, 1.54) is 28.9 Å². The zero-order chi connectivity index (χ0) is 11.3. The van der Waals surface area contributed by atoms with Crippen molar-refractivity contribution in [3.8, 4) is 0 Å². The fourth-order valence-corrected chi connectivity index (χ4v) is 5.90. The van der Waals surface area contributed by atoms with Crippen molar-refractivity contribution in [2.45, 2.75) is 38.9 Å². The second-order valence-electron chi connectivity index (χ2n) is 4.19. The Labute approximate surface area is 95.0 Å². The molecule has 1 aromatic rings. The molecule has 0 saturated heterocycles. The maximum Gasteiger partial charge on any atom is 0.0859 e. The highest BCUT2D eigenvalue weighted by molar-refractivity contribution is 6.96. The Hall–Kier alpha value is -0.823. The van der Waals surface area contributed by atoms with Gasteiger partial charge >= 0.3 is 0 Å². The zero-order valence-electron chi connectivity index (χ0n) is 10.2. The molecular weight excluding hydrogens is 196 g/mol. The highest BCUT2D eigenvalue weighted by Crippen LogP contribution is 2.33. The van der Waals surface area contributed by atoms with Gasteiger partial charge < -0.3 is 0 Å². The third-order valence-corrected chi connectivity index (χ3v) is 9.42. The van der Waals surface area contributed by atoms with E-state index in [0.717, 1.165) is 0 Å². The van der Waals surface area contributed by atoms with Gasteiger partial charge in [-0.2, -0.15) is 0 Å². The number of rotatable bonds is 5. The molecule has 0 heterocycles. The average molecular weight is 218 g/mol. The van der Waals surface area contributed by atoms with Gasteiger partial charge in [0.1, 0.15) is 0 Å². The predicted octanol–water partition coefficient (Wildman–Crippen LogP) is 4.75. The van der Waals surface area contributed by atoms with E-state index in [1.54, 1.807) is 0 Å². The van der Waals surface area contributed by atoms with Gasteiger partial charge in [-0.05, 0) is 5.56 Å². The van der Waals surface area contributed by atoms with Crippen LogP contribution in [0, 0.1) is 0 Å². The molecule has 82 valence electrons. The maximum atomic E-state index is 4.37. The van der Waals surface area contributed by atoms with E-state index in [2.05, 4.69) is 57.7 Å². The normalized spacial score (nSPS) is 11.4. The van der Waals surface area contributed by atoms with Crippen molar-refractivity contribution < 1.29 is 0 Å². The first-order valence-corrected chi connectivity index (χ1v) is 8.57. The first kappa shape index (κ1) is 12.2. The van der Waals surface area contributed by atoms with E-state index in [-0.39, 0.29) is 0 Å². The van der Waals surface area contributed by atoms with Crippen LogP contribution in [-0.2, 0) is 0 Å². The van der Waals surface area contributed by atoms with E-state index in [0.29, 0.717) is 0 Å². The highest BCUT2D eigenvalue weighted by Gasteiger charge is 2.30. The number of benzene rings is 1. The molecule has 0 aromatic heterocycles. The molecule has 0 radical (unpaired) electrons. The van der Waals surface area contributed by atoms with Gasteiger partial charge in [-0.1, -0.05) is 81.0 Å².